The molecule has 2 saturated carbocycles. The Balaban J connectivity index is 1.70. The normalized spacial score (nSPS) is 32.5. The number of phenols is 1. The van der Waals surface area contributed by atoms with E-state index in [2.05, 4.69) is 11.8 Å². The molecule has 0 heterocycles. The summed E-state index contributed by atoms with van der Waals surface area (Å²) in [5.74, 6) is -4.39. The van der Waals surface area contributed by atoms with Crippen molar-refractivity contribution in [3.63, 3.8) is 0 Å². The lowest BCUT2D eigenvalue weighted by Crippen LogP contribution is -2.76. The lowest BCUT2D eigenvalue weighted by molar-refractivity contribution is -0.205. The molecule has 0 radical (unpaired) electrons. The second-order valence-electron chi connectivity index (χ2n) is 12.5. The molecule has 0 aromatic heterocycles. The van der Waals surface area contributed by atoms with Gasteiger partial charge in [0.05, 0.1) is 17.0 Å². The standard InChI is InChI=1S/C33H31FO7/c1-16(2)25-27(37)23(17(3)35)29(39)33(41)30(40)26-28(38)24-20(14-31(26,4)15-32(25,33)5)18(12-13-22(24)36)10-11-19-8-6-7-9-21(19)34/h6-9,12-13,16,23,25-26,36,41H,14-15H2,1-5H3/t23?,25?,26?,31-,32-,33+/m1/s1. The van der Waals surface area contributed by atoms with Gasteiger partial charge in [-0.2, -0.15) is 0 Å². The quantitative estimate of drug-likeness (QED) is 0.426. The third-order valence-corrected chi connectivity index (χ3v) is 9.47. The monoisotopic (exact) mass is 558 g/mol. The number of aliphatic hydroxyl groups is 1. The highest BCUT2D eigenvalue weighted by Crippen LogP contribution is 2.63. The van der Waals surface area contributed by atoms with Crippen LogP contribution in [0, 0.1) is 52.2 Å². The molecule has 6 atom stereocenters. The van der Waals surface area contributed by atoms with Crippen LogP contribution in [0.4, 0.5) is 4.39 Å². The minimum atomic E-state index is -2.75. The number of hydrogen-bond donors (Lipinski definition) is 2. The van der Waals surface area contributed by atoms with Crippen molar-refractivity contribution in [1.29, 1.82) is 0 Å². The van der Waals surface area contributed by atoms with Crippen molar-refractivity contribution in [3.05, 3.63) is 64.5 Å². The molecule has 7 nitrogen and oxygen atoms in total. The smallest absolute Gasteiger partial charge is 0.190 e. The first-order valence-electron chi connectivity index (χ1n) is 13.6. The first kappa shape index (κ1) is 28.6. The van der Waals surface area contributed by atoms with Gasteiger partial charge in [-0.3, -0.25) is 24.0 Å². The van der Waals surface area contributed by atoms with E-state index in [0.717, 1.165) is 6.92 Å². The van der Waals surface area contributed by atoms with Crippen molar-refractivity contribution in [1.82, 2.24) is 0 Å². The summed E-state index contributed by atoms with van der Waals surface area (Å²) >= 11 is 0. The molecule has 0 spiro atoms. The number of fused-ring (bicyclic) bond motifs is 3. The first-order chi connectivity index (χ1) is 19.1. The number of halogens is 1. The molecule has 2 aromatic carbocycles. The van der Waals surface area contributed by atoms with E-state index in [-0.39, 0.29) is 29.7 Å². The fraction of sp³-hybridized carbons (Fsp3) is 0.424. The number of aromatic hydroxyl groups is 1. The third kappa shape index (κ3) is 3.78. The van der Waals surface area contributed by atoms with E-state index in [1.807, 2.05) is 0 Å². The maximum absolute atomic E-state index is 14.3. The molecular weight excluding hydrogens is 527 g/mol. The van der Waals surface area contributed by atoms with Gasteiger partial charge in [0.15, 0.2) is 28.7 Å². The zero-order valence-electron chi connectivity index (χ0n) is 23.5. The van der Waals surface area contributed by atoms with E-state index in [0.29, 0.717) is 11.1 Å². The summed E-state index contributed by atoms with van der Waals surface area (Å²) in [7, 11) is 0. The topological polar surface area (TPSA) is 126 Å². The summed E-state index contributed by atoms with van der Waals surface area (Å²) < 4.78 is 14.2. The maximum atomic E-state index is 14.3. The summed E-state index contributed by atoms with van der Waals surface area (Å²) in [6.07, 6.45) is 0.00798. The Bertz CT molecular complexity index is 1630. The zero-order chi connectivity index (χ0) is 30.2. The lowest BCUT2D eigenvalue weighted by atomic mass is 9.40. The molecule has 2 N–H and O–H groups in total. The molecule has 41 heavy (non-hydrogen) atoms. The first-order valence-corrected chi connectivity index (χ1v) is 13.6. The molecular formula is C33H31FO7. The van der Waals surface area contributed by atoms with Crippen LogP contribution in [-0.4, -0.2) is 44.7 Å². The minimum absolute atomic E-state index is 0.0567. The molecule has 3 aliphatic rings. The molecule has 8 heteroatoms. The number of benzene rings is 2. The second-order valence-corrected chi connectivity index (χ2v) is 12.5. The summed E-state index contributed by atoms with van der Waals surface area (Å²) in [4.78, 5) is 68.1. The SMILES string of the molecule is CC(=O)C1C(=O)C(C(C)C)[C@@]2(C)C[C@@]3(C)Cc4c(C#Cc5ccccc5F)ccc(O)c4C(=O)C3C(=O)[C@@]2(O)C1=O. The van der Waals surface area contributed by atoms with E-state index >= 15 is 0 Å². The van der Waals surface area contributed by atoms with Gasteiger partial charge in [-0.1, -0.05) is 51.7 Å². The van der Waals surface area contributed by atoms with Crippen LogP contribution in [0.5, 0.6) is 5.75 Å². The fourth-order valence-corrected chi connectivity index (χ4v) is 7.95. The van der Waals surface area contributed by atoms with Crippen LogP contribution >= 0.6 is 0 Å². The number of hydrogen-bond acceptors (Lipinski definition) is 7. The number of ketones is 5. The highest BCUT2D eigenvalue weighted by atomic mass is 19.1. The van der Waals surface area contributed by atoms with Crippen molar-refractivity contribution in [2.24, 2.45) is 34.5 Å². The summed E-state index contributed by atoms with van der Waals surface area (Å²) in [5.41, 5.74) is -4.78. The predicted octanol–water partition coefficient (Wildman–Crippen LogP) is 3.63. The van der Waals surface area contributed by atoms with E-state index in [9.17, 15) is 38.6 Å². The average molecular weight is 559 g/mol. The van der Waals surface area contributed by atoms with Gasteiger partial charge < -0.3 is 10.2 Å². The Hall–Kier alpha value is -3.96. The maximum Gasteiger partial charge on any atom is 0.190 e. The number of Topliss-reactive ketones (excluding diaryl/α,β-unsaturated/α-hetero) is 5. The highest BCUT2D eigenvalue weighted by molar-refractivity contribution is 6.32. The molecule has 0 saturated heterocycles. The van der Waals surface area contributed by atoms with Gasteiger partial charge in [-0.15, -0.1) is 0 Å². The van der Waals surface area contributed by atoms with E-state index < -0.39 is 74.8 Å². The Morgan fingerprint density at radius 3 is 2.24 bits per heavy atom. The molecule has 0 bridgehead atoms. The number of carbonyl (C=O) groups is 5. The van der Waals surface area contributed by atoms with Gasteiger partial charge in [0.2, 0.25) is 0 Å². The van der Waals surface area contributed by atoms with Gasteiger partial charge in [0, 0.05) is 16.9 Å². The van der Waals surface area contributed by atoms with E-state index in [1.165, 1.54) is 37.3 Å². The Morgan fingerprint density at radius 2 is 1.63 bits per heavy atom. The van der Waals surface area contributed by atoms with Gasteiger partial charge in [-0.25, -0.2) is 4.39 Å². The van der Waals surface area contributed by atoms with Gasteiger partial charge in [0.25, 0.3) is 0 Å². The Morgan fingerprint density at radius 1 is 1.00 bits per heavy atom. The van der Waals surface area contributed by atoms with Crippen molar-refractivity contribution >= 4 is 28.9 Å². The van der Waals surface area contributed by atoms with Gasteiger partial charge >= 0.3 is 0 Å². The van der Waals surface area contributed by atoms with Crippen LogP contribution in [0.2, 0.25) is 0 Å². The number of phenolic OH excluding ortho intramolecular Hbond substituents is 1. The third-order valence-electron chi connectivity index (χ3n) is 9.47. The Kier molecular flexibility index (Phi) is 6.47. The average Bonchev–Trinajstić information content (AvgIpc) is 2.86. The molecule has 0 aliphatic heterocycles. The molecule has 3 aliphatic carbocycles. The van der Waals surface area contributed by atoms with Crippen molar-refractivity contribution in [2.75, 3.05) is 0 Å². The highest BCUT2D eigenvalue weighted by Gasteiger charge is 2.76. The van der Waals surface area contributed by atoms with Crippen LogP contribution in [0.1, 0.15) is 68.1 Å². The number of rotatable bonds is 2. The van der Waals surface area contributed by atoms with E-state index in [1.54, 1.807) is 26.8 Å². The fourth-order valence-electron chi connectivity index (χ4n) is 7.95. The van der Waals surface area contributed by atoms with Crippen molar-refractivity contribution in [2.45, 2.75) is 53.1 Å². The van der Waals surface area contributed by atoms with Crippen LogP contribution in [-0.2, 0) is 25.6 Å². The lowest BCUT2D eigenvalue weighted by Gasteiger charge is -2.61. The van der Waals surface area contributed by atoms with Crippen LogP contribution in [0.3, 0.4) is 0 Å². The largest absolute Gasteiger partial charge is 0.507 e. The Labute approximate surface area is 237 Å². The van der Waals surface area contributed by atoms with Gasteiger partial charge in [0.1, 0.15) is 23.3 Å². The summed E-state index contributed by atoms with van der Waals surface area (Å²) in [5, 5.41) is 22.8. The van der Waals surface area contributed by atoms with Crippen molar-refractivity contribution < 1.29 is 38.6 Å². The van der Waals surface area contributed by atoms with Crippen LogP contribution in [0.15, 0.2) is 36.4 Å². The summed E-state index contributed by atoms with van der Waals surface area (Å²) in [6, 6.07) is 8.74. The molecule has 2 fully saturated rings. The van der Waals surface area contributed by atoms with Crippen LogP contribution in [0.25, 0.3) is 0 Å². The second kappa shape index (κ2) is 9.28. The molecule has 0 amide bonds. The predicted molar refractivity (Wildman–Crippen MR) is 145 cm³/mol. The molecule has 5 rings (SSSR count). The van der Waals surface area contributed by atoms with E-state index in [4.69, 9.17) is 0 Å². The summed E-state index contributed by atoms with van der Waals surface area (Å²) in [6.45, 7) is 7.75. The molecule has 212 valence electrons. The minimum Gasteiger partial charge on any atom is -0.507 e. The zero-order valence-corrected chi connectivity index (χ0v) is 23.5. The molecule has 3 unspecified atom stereocenters. The number of carbonyl (C=O) groups excluding carboxylic acids is 5. The van der Waals surface area contributed by atoms with Crippen molar-refractivity contribution in [3.8, 4) is 17.6 Å². The molecule has 2 aromatic rings. The van der Waals surface area contributed by atoms with Gasteiger partial charge in [-0.05, 0) is 60.9 Å². The van der Waals surface area contributed by atoms with Crippen LogP contribution < -0.4 is 0 Å².